The normalized spacial score (nSPS) is 15.6. The van der Waals surface area contributed by atoms with E-state index in [0.717, 1.165) is 35.1 Å². The molecule has 2 atom stereocenters. The molecule has 0 aromatic heterocycles. The van der Waals surface area contributed by atoms with E-state index < -0.39 is 55.6 Å². The monoisotopic (exact) mass is 804 g/mol. The van der Waals surface area contributed by atoms with Gasteiger partial charge in [0.25, 0.3) is 5.91 Å². The summed E-state index contributed by atoms with van der Waals surface area (Å²) in [5.74, 6) is -1.29. The van der Waals surface area contributed by atoms with Crippen LogP contribution in [-0.2, 0) is 42.0 Å². The molecule has 1 aliphatic heterocycles. The molecule has 2 unspecified atom stereocenters. The van der Waals surface area contributed by atoms with Crippen LogP contribution >= 0.6 is 0 Å². The van der Waals surface area contributed by atoms with E-state index in [-0.39, 0.29) is 34.9 Å². The van der Waals surface area contributed by atoms with Crippen LogP contribution in [0.25, 0.3) is 22.3 Å². The Kier molecular flexibility index (Phi) is 11.8. The van der Waals surface area contributed by atoms with Crippen LogP contribution in [0.5, 0.6) is 0 Å². The van der Waals surface area contributed by atoms with Gasteiger partial charge in [0, 0.05) is 37.4 Å². The van der Waals surface area contributed by atoms with Crippen LogP contribution in [0.15, 0.2) is 137 Å². The highest BCUT2D eigenvalue weighted by Gasteiger charge is 2.40. The van der Waals surface area contributed by atoms with Gasteiger partial charge in [0.15, 0.2) is 9.84 Å². The summed E-state index contributed by atoms with van der Waals surface area (Å²) in [6.45, 7) is -0.0451. The maximum Gasteiger partial charge on any atom is 0.416 e. The average Bonchev–Trinajstić information content (AvgIpc) is 3.68. The number of methoxy groups -OCH3 is 1. The van der Waals surface area contributed by atoms with E-state index in [0.29, 0.717) is 24.0 Å². The predicted molar refractivity (Wildman–Crippen MR) is 206 cm³/mol. The van der Waals surface area contributed by atoms with E-state index in [4.69, 9.17) is 4.74 Å². The van der Waals surface area contributed by atoms with E-state index >= 15 is 0 Å². The van der Waals surface area contributed by atoms with Gasteiger partial charge in [-0.25, -0.2) is 21.6 Å². The lowest BCUT2D eigenvalue weighted by Crippen LogP contribution is -2.52. The number of benzene rings is 5. The van der Waals surface area contributed by atoms with E-state index in [2.05, 4.69) is 0 Å². The number of carbonyl (C=O) groups is 2. The third-order valence-electron chi connectivity index (χ3n) is 9.87. The van der Waals surface area contributed by atoms with Crippen LogP contribution in [0.3, 0.4) is 0 Å². The molecule has 5 aromatic carbocycles. The van der Waals surface area contributed by atoms with Gasteiger partial charge >= 0.3 is 12.1 Å². The van der Waals surface area contributed by atoms with Gasteiger partial charge in [-0.15, -0.1) is 0 Å². The largest absolute Gasteiger partial charge is 0.467 e. The number of sulfonamides is 1. The highest BCUT2D eigenvalue weighted by atomic mass is 32.2. The second kappa shape index (κ2) is 16.4. The number of hydrogen-bond acceptors (Lipinski definition) is 7. The highest BCUT2D eigenvalue weighted by molar-refractivity contribution is 7.90. The number of carbonyl (C=O) groups excluding carboxylic acids is 2. The van der Waals surface area contributed by atoms with Crippen LogP contribution in [0, 0.1) is 0 Å². The Morgan fingerprint density at radius 2 is 1.27 bits per heavy atom. The maximum atomic E-state index is 14.6. The molecule has 1 fully saturated rings. The summed E-state index contributed by atoms with van der Waals surface area (Å²) in [5, 5.41) is 0. The SMILES string of the molecule is COC(=O)C(Cc1ccc(-c2ccccc2)cc1)N(CC1CCCN1S(=O)(=O)c1ccc(S(C)(=O)=O)cc1)C(=O)c1ccc(-c2ccc(C(F)(F)F)cc2)cc1. The first-order chi connectivity index (χ1) is 26.6. The lowest BCUT2D eigenvalue weighted by Gasteiger charge is -2.35. The molecule has 1 saturated heterocycles. The van der Waals surface area contributed by atoms with E-state index in [1.54, 1.807) is 12.1 Å². The minimum absolute atomic E-state index is 0.0340. The van der Waals surface area contributed by atoms with Gasteiger partial charge in [-0.1, -0.05) is 78.9 Å². The van der Waals surface area contributed by atoms with Crippen molar-refractivity contribution >= 4 is 31.7 Å². The molecule has 0 saturated carbocycles. The van der Waals surface area contributed by atoms with E-state index in [1.165, 1.54) is 64.8 Å². The van der Waals surface area contributed by atoms with Crippen molar-refractivity contribution < 1.29 is 44.3 Å². The first-order valence-corrected chi connectivity index (χ1v) is 21.0. The Balaban J connectivity index is 1.33. The molecule has 292 valence electrons. The quantitative estimate of drug-likeness (QED) is 0.120. The molecular formula is C42H39F3N2O7S2. The van der Waals surface area contributed by atoms with Crippen molar-refractivity contribution in [3.05, 3.63) is 144 Å². The van der Waals surface area contributed by atoms with Crippen LogP contribution in [-0.4, -0.2) is 76.5 Å². The van der Waals surface area contributed by atoms with Crippen molar-refractivity contribution in [2.45, 2.75) is 47.3 Å². The van der Waals surface area contributed by atoms with Gasteiger partial charge in [0.05, 0.1) is 22.5 Å². The van der Waals surface area contributed by atoms with Gasteiger partial charge in [-0.05, 0) is 89.2 Å². The molecule has 0 N–H and O–H groups in total. The zero-order chi connectivity index (χ0) is 40.3. The Labute approximate surface area is 324 Å². The van der Waals surface area contributed by atoms with Crippen molar-refractivity contribution in [2.75, 3.05) is 26.5 Å². The minimum atomic E-state index is -4.49. The molecule has 1 aliphatic rings. The van der Waals surface area contributed by atoms with Crippen LogP contribution in [0.1, 0.15) is 34.3 Å². The Hall–Kier alpha value is -5.31. The summed E-state index contributed by atoms with van der Waals surface area (Å²) in [4.78, 5) is 29.4. The zero-order valence-electron chi connectivity index (χ0n) is 30.5. The van der Waals surface area contributed by atoms with Gasteiger partial charge in [-0.3, -0.25) is 4.79 Å². The zero-order valence-corrected chi connectivity index (χ0v) is 32.2. The van der Waals surface area contributed by atoms with Crippen LogP contribution < -0.4 is 0 Å². The van der Waals surface area contributed by atoms with Crippen LogP contribution in [0.4, 0.5) is 13.2 Å². The number of rotatable bonds is 12. The molecule has 0 radical (unpaired) electrons. The van der Waals surface area contributed by atoms with Gasteiger partial charge in [0.2, 0.25) is 10.0 Å². The Morgan fingerprint density at radius 3 is 1.80 bits per heavy atom. The summed E-state index contributed by atoms with van der Waals surface area (Å²) >= 11 is 0. The summed E-state index contributed by atoms with van der Waals surface area (Å²) in [6, 6.07) is 31.1. The molecule has 56 heavy (non-hydrogen) atoms. The minimum Gasteiger partial charge on any atom is -0.467 e. The second-order valence-electron chi connectivity index (χ2n) is 13.6. The summed E-state index contributed by atoms with van der Waals surface area (Å²) in [6.07, 6.45) is -2.58. The molecule has 9 nitrogen and oxygen atoms in total. The number of ether oxygens (including phenoxy) is 1. The molecular weight excluding hydrogens is 766 g/mol. The van der Waals surface area contributed by atoms with Gasteiger partial charge in [0.1, 0.15) is 6.04 Å². The molecule has 0 spiro atoms. The fraction of sp³-hybridized carbons (Fsp3) is 0.238. The van der Waals surface area contributed by atoms with Crippen molar-refractivity contribution in [2.24, 2.45) is 0 Å². The number of sulfone groups is 1. The average molecular weight is 805 g/mol. The molecule has 1 heterocycles. The van der Waals surface area contributed by atoms with Crippen molar-refractivity contribution in [1.29, 1.82) is 0 Å². The molecule has 0 bridgehead atoms. The molecule has 1 amide bonds. The first-order valence-electron chi connectivity index (χ1n) is 17.7. The number of halogens is 3. The third kappa shape index (κ3) is 9.04. The number of alkyl halides is 3. The Bertz CT molecular complexity index is 2390. The first kappa shape index (κ1) is 40.4. The topological polar surface area (TPSA) is 118 Å². The number of hydrogen-bond donors (Lipinski definition) is 0. The van der Waals surface area contributed by atoms with E-state index in [1.807, 2.05) is 54.6 Å². The smallest absolute Gasteiger partial charge is 0.416 e. The predicted octanol–water partition coefficient (Wildman–Crippen LogP) is 7.52. The number of esters is 1. The van der Waals surface area contributed by atoms with Crippen molar-refractivity contribution in [3.8, 4) is 22.3 Å². The van der Waals surface area contributed by atoms with E-state index in [9.17, 15) is 39.6 Å². The Morgan fingerprint density at radius 1 is 0.750 bits per heavy atom. The van der Waals surface area contributed by atoms with Gasteiger partial charge in [-0.2, -0.15) is 17.5 Å². The maximum absolute atomic E-state index is 14.6. The van der Waals surface area contributed by atoms with Crippen molar-refractivity contribution in [3.63, 3.8) is 0 Å². The summed E-state index contributed by atoms with van der Waals surface area (Å²) in [7, 11) is -6.52. The fourth-order valence-corrected chi connectivity index (χ4v) is 9.16. The lowest BCUT2D eigenvalue weighted by atomic mass is 9.98. The molecule has 5 aromatic rings. The summed E-state index contributed by atoms with van der Waals surface area (Å²) in [5.41, 5.74) is 3.09. The highest BCUT2D eigenvalue weighted by Crippen LogP contribution is 2.32. The number of amides is 1. The molecule has 14 heteroatoms. The standard InChI is InChI=1S/C42H39F3N2O7S2/c1-54-41(49)39(27-29-10-12-31(13-11-29)30-7-4-3-5-8-30)46(40(48)34-16-14-32(15-17-34)33-18-20-35(21-19-33)42(43,44)45)28-36-9-6-26-47(36)56(52,53)38-24-22-37(23-25-38)55(2,50)51/h3-5,7-8,10-25,36,39H,6,9,26-28H2,1-2H3. The summed E-state index contributed by atoms with van der Waals surface area (Å²) < 4.78 is 98.0. The molecule has 6 rings (SSSR count). The third-order valence-corrected chi connectivity index (χ3v) is 13.0. The van der Waals surface area contributed by atoms with Gasteiger partial charge < -0.3 is 9.64 Å². The lowest BCUT2D eigenvalue weighted by molar-refractivity contribution is -0.146. The van der Waals surface area contributed by atoms with Crippen molar-refractivity contribution in [1.82, 2.24) is 9.21 Å². The number of nitrogens with zero attached hydrogens (tertiary/aromatic N) is 2. The second-order valence-corrected chi connectivity index (χ2v) is 17.5. The fourth-order valence-electron chi connectivity index (χ4n) is 6.85. The molecule has 0 aliphatic carbocycles. The van der Waals surface area contributed by atoms with Crippen LogP contribution in [0.2, 0.25) is 0 Å².